The van der Waals surface area contributed by atoms with E-state index in [1.165, 1.54) is 12.1 Å². The normalized spacial score (nSPS) is 11.7. The number of hydrogen-bond acceptors (Lipinski definition) is 2. The zero-order valence-corrected chi connectivity index (χ0v) is 12.7. The Hall–Kier alpha value is -0.460. The average Bonchev–Trinajstić information content (AvgIpc) is 2.32. The van der Waals surface area contributed by atoms with Gasteiger partial charge in [-0.25, -0.2) is 17.5 Å². The van der Waals surface area contributed by atoms with Crippen molar-refractivity contribution in [2.24, 2.45) is 0 Å². The van der Waals surface area contributed by atoms with E-state index < -0.39 is 15.8 Å². The first-order chi connectivity index (χ1) is 8.47. The van der Waals surface area contributed by atoms with Crippen molar-refractivity contribution >= 4 is 26.0 Å². The van der Waals surface area contributed by atoms with Gasteiger partial charge in [-0.15, -0.1) is 0 Å². The molecular weight excluding hydrogens is 321 g/mol. The van der Waals surface area contributed by atoms with Gasteiger partial charge in [0, 0.05) is 6.54 Å². The number of rotatable bonds is 7. The van der Waals surface area contributed by atoms with E-state index in [-0.39, 0.29) is 9.37 Å². The number of hydrogen-bond donors (Lipinski definition) is 1. The zero-order valence-electron chi connectivity index (χ0n) is 10.2. The van der Waals surface area contributed by atoms with Crippen molar-refractivity contribution in [2.45, 2.75) is 37.5 Å². The van der Waals surface area contributed by atoms with Crippen LogP contribution in [0.5, 0.6) is 0 Å². The Morgan fingerprint density at radius 1 is 1.28 bits per heavy atom. The molecule has 0 spiro atoms. The van der Waals surface area contributed by atoms with Crippen LogP contribution in [0.4, 0.5) is 4.39 Å². The third kappa shape index (κ3) is 4.66. The highest BCUT2D eigenvalue weighted by atomic mass is 79.9. The lowest BCUT2D eigenvalue weighted by molar-refractivity contribution is 0.570. The van der Waals surface area contributed by atoms with Gasteiger partial charge < -0.3 is 0 Å². The highest BCUT2D eigenvalue weighted by molar-refractivity contribution is 9.10. The van der Waals surface area contributed by atoms with Crippen molar-refractivity contribution in [2.75, 3.05) is 6.54 Å². The molecule has 0 heterocycles. The molecule has 0 bridgehead atoms. The molecule has 0 amide bonds. The van der Waals surface area contributed by atoms with Crippen molar-refractivity contribution in [1.29, 1.82) is 0 Å². The predicted molar refractivity (Wildman–Crippen MR) is 73.4 cm³/mol. The predicted octanol–water partition coefficient (Wildman–Crippen LogP) is 3.45. The molecule has 1 N–H and O–H groups in total. The van der Waals surface area contributed by atoms with Crippen molar-refractivity contribution in [3.63, 3.8) is 0 Å². The molecule has 0 aliphatic rings. The van der Waals surface area contributed by atoms with E-state index in [9.17, 15) is 12.8 Å². The Kier molecular flexibility index (Phi) is 6.25. The molecule has 102 valence electrons. The molecule has 18 heavy (non-hydrogen) atoms. The molecule has 0 atom stereocenters. The smallest absolute Gasteiger partial charge is 0.211 e. The first-order valence-electron chi connectivity index (χ1n) is 5.92. The van der Waals surface area contributed by atoms with E-state index in [0.717, 1.165) is 31.7 Å². The maximum Gasteiger partial charge on any atom is 0.240 e. The van der Waals surface area contributed by atoms with Gasteiger partial charge in [-0.1, -0.05) is 26.2 Å². The third-order valence-corrected chi connectivity index (χ3v) is 4.63. The fraction of sp³-hybridized carbons (Fsp3) is 0.500. The van der Waals surface area contributed by atoms with Crippen LogP contribution in [0, 0.1) is 5.82 Å². The maximum absolute atomic E-state index is 13.3. The fourth-order valence-corrected chi connectivity index (χ4v) is 2.82. The van der Waals surface area contributed by atoms with Gasteiger partial charge in [0.15, 0.2) is 0 Å². The van der Waals surface area contributed by atoms with Crippen molar-refractivity contribution in [1.82, 2.24) is 4.72 Å². The van der Waals surface area contributed by atoms with Crippen LogP contribution in [-0.4, -0.2) is 15.0 Å². The van der Waals surface area contributed by atoms with Crippen LogP contribution < -0.4 is 4.72 Å². The van der Waals surface area contributed by atoms with E-state index in [1.54, 1.807) is 0 Å². The molecule has 0 unspecified atom stereocenters. The molecule has 0 radical (unpaired) electrons. The summed E-state index contributed by atoms with van der Waals surface area (Å²) < 4.78 is 39.7. The fourth-order valence-electron chi connectivity index (χ4n) is 1.49. The lowest BCUT2D eigenvalue weighted by Gasteiger charge is -2.07. The molecule has 0 aliphatic carbocycles. The van der Waals surface area contributed by atoms with Crippen LogP contribution in [0.2, 0.25) is 0 Å². The Bertz CT molecular complexity index is 491. The van der Waals surface area contributed by atoms with Gasteiger partial charge >= 0.3 is 0 Å². The Balaban J connectivity index is 2.60. The van der Waals surface area contributed by atoms with Gasteiger partial charge in [0.25, 0.3) is 0 Å². The minimum atomic E-state index is -3.60. The van der Waals surface area contributed by atoms with Gasteiger partial charge in [-0.05, 0) is 40.5 Å². The van der Waals surface area contributed by atoms with Gasteiger partial charge in [-0.3, -0.25) is 0 Å². The summed E-state index contributed by atoms with van der Waals surface area (Å²) in [5.74, 6) is -0.580. The van der Waals surface area contributed by atoms with Crippen molar-refractivity contribution in [3.8, 4) is 0 Å². The molecule has 1 rings (SSSR count). The number of benzene rings is 1. The molecule has 3 nitrogen and oxygen atoms in total. The largest absolute Gasteiger partial charge is 0.240 e. The quantitative estimate of drug-likeness (QED) is 0.774. The molecule has 0 fully saturated rings. The second kappa shape index (κ2) is 7.21. The standard InChI is InChI=1S/C12H17BrFNO2S/c1-2-3-4-5-8-15-18(16,17)10-6-7-11(13)12(14)9-10/h6-7,9,15H,2-5,8H2,1H3. The van der Waals surface area contributed by atoms with Gasteiger partial charge in [-0.2, -0.15) is 0 Å². The molecule has 0 saturated carbocycles. The monoisotopic (exact) mass is 337 g/mol. The molecule has 0 aliphatic heterocycles. The topological polar surface area (TPSA) is 46.2 Å². The zero-order chi connectivity index (χ0) is 13.6. The first-order valence-corrected chi connectivity index (χ1v) is 8.19. The lowest BCUT2D eigenvalue weighted by atomic mass is 10.2. The SMILES string of the molecule is CCCCCCNS(=O)(=O)c1ccc(Br)c(F)c1. The average molecular weight is 338 g/mol. The number of sulfonamides is 1. The van der Waals surface area contributed by atoms with Crippen LogP contribution in [0.15, 0.2) is 27.6 Å². The molecular formula is C12H17BrFNO2S. The summed E-state index contributed by atoms with van der Waals surface area (Å²) in [5, 5.41) is 0. The number of unbranched alkanes of at least 4 members (excludes halogenated alkanes) is 3. The summed E-state index contributed by atoms with van der Waals surface area (Å²) in [6, 6.07) is 3.78. The summed E-state index contributed by atoms with van der Waals surface area (Å²) in [6.45, 7) is 2.48. The van der Waals surface area contributed by atoms with Gasteiger partial charge in [0.2, 0.25) is 10.0 Å². The summed E-state index contributed by atoms with van der Waals surface area (Å²) in [7, 11) is -3.60. The first kappa shape index (κ1) is 15.6. The lowest BCUT2D eigenvalue weighted by Crippen LogP contribution is -2.24. The Morgan fingerprint density at radius 2 is 2.00 bits per heavy atom. The van der Waals surface area contributed by atoms with E-state index in [0.29, 0.717) is 6.54 Å². The van der Waals surface area contributed by atoms with E-state index >= 15 is 0 Å². The number of halogens is 2. The summed E-state index contributed by atoms with van der Waals surface area (Å²) >= 11 is 2.99. The van der Waals surface area contributed by atoms with E-state index in [2.05, 4.69) is 27.6 Å². The van der Waals surface area contributed by atoms with Crippen LogP contribution in [-0.2, 0) is 10.0 Å². The number of nitrogens with one attached hydrogen (secondary N) is 1. The van der Waals surface area contributed by atoms with E-state index in [1.807, 2.05) is 0 Å². The Morgan fingerprint density at radius 3 is 2.61 bits per heavy atom. The molecule has 6 heteroatoms. The Labute approximate surface area is 116 Å². The van der Waals surface area contributed by atoms with Gasteiger partial charge in [0.1, 0.15) is 5.82 Å². The molecule has 0 saturated heterocycles. The van der Waals surface area contributed by atoms with Crippen molar-refractivity contribution in [3.05, 3.63) is 28.5 Å². The van der Waals surface area contributed by atoms with Crippen LogP contribution >= 0.6 is 15.9 Å². The van der Waals surface area contributed by atoms with Crippen LogP contribution in [0.1, 0.15) is 32.6 Å². The third-order valence-electron chi connectivity index (χ3n) is 2.52. The maximum atomic E-state index is 13.3. The molecule has 1 aromatic rings. The highest BCUT2D eigenvalue weighted by Crippen LogP contribution is 2.19. The van der Waals surface area contributed by atoms with Crippen LogP contribution in [0.25, 0.3) is 0 Å². The minimum absolute atomic E-state index is 0.0429. The summed E-state index contributed by atoms with van der Waals surface area (Å²) in [5.41, 5.74) is 0. The highest BCUT2D eigenvalue weighted by Gasteiger charge is 2.14. The summed E-state index contributed by atoms with van der Waals surface area (Å²) in [4.78, 5) is -0.0429. The second-order valence-electron chi connectivity index (χ2n) is 4.03. The van der Waals surface area contributed by atoms with E-state index in [4.69, 9.17) is 0 Å². The summed E-state index contributed by atoms with van der Waals surface area (Å²) in [6.07, 6.45) is 3.99. The minimum Gasteiger partial charge on any atom is -0.211 e. The van der Waals surface area contributed by atoms with Crippen molar-refractivity contribution < 1.29 is 12.8 Å². The van der Waals surface area contributed by atoms with Gasteiger partial charge in [0.05, 0.1) is 9.37 Å². The molecule has 0 aromatic heterocycles. The second-order valence-corrected chi connectivity index (χ2v) is 6.66. The van der Waals surface area contributed by atoms with Crippen LogP contribution in [0.3, 0.4) is 0 Å². The molecule has 1 aromatic carbocycles.